The quantitative estimate of drug-likeness (QED) is 0.673. The lowest BCUT2D eigenvalue weighted by atomic mass is 10.8. The van der Waals surface area contributed by atoms with Crippen LogP contribution in [0.3, 0.4) is 0 Å². The maximum Gasteiger partial charge on any atom is 0.406 e. The Hall–Kier alpha value is 0.140. The van der Waals surface area contributed by atoms with E-state index in [9.17, 15) is 4.79 Å². The first-order chi connectivity index (χ1) is 4.04. The highest BCUT2D eigenvalue weighted by molar-refractivity contribution is 6.48. The van der Waals surface area contributed by atoms with Crippen molar-refractivity contribution >= 4 is 40.9 Å². The van der Waals surface area contributed by atoms with E-state index in [2.05, 4.69) is 10.5 Å². The first-order valence-corrected chi connectivity index (χ1v) is 3.23. The minimum atomic E-state index is -1.08. The summed E-state index contributed by atoms with van der Waals surface area (Å²) in [4.78, 5) is 8.95. The van der Waals surface area contributed by atoms with Gasteiger partial charge in [-0.25, -0.2) is 4.79 Å². The third kappa shape index (κ3) is 4.63. The molecule has 0 bridgehead atoms. The molecule has 0 aliphatic heterocycles. The molecule has 54 valence electrons. The van der Waals surface area contributed by atoms with Crippen molar-refractivity contribution in [1.82, 2.24) is 0 Å². The second kappa shape index (κ2) is 4.04. The molecule has 0 saturated heterocycles. The molecule has 9 heavy (non-hydrogen) atoms. The number of nitrogens with two attached hydrogens (primary N) is 1. The molecule has 6 heteroatoms. The molecule has 2 N–H and O–H groups in total. The smallest absolute Gasteiger partial charge is 0.406 e. The van der Waals surface area contributed by atoms with Gasteiger partial charge in [-0.05, 0) is 0 Å². The number of amides is 1. The van der Waals surface area contributed by atoms with Crippen molar-refractivity contribution in [2.24, 2.45) is 5.73 Å². The van der Waals surface area contributed by atoms with E-state index in [1.807, 2.05) is 0 Å². The maximum atomic E-state index is 9.91. The third-order valence-electron chi connectivity index (χ3n) is 0.427. The average molecular weight is 192 g/mol. The van der Waals surface area contributed by atoms with Gasteiger partial charge in [-0.2, -0.15) is 0 Å². The average Bonchev–Trinajstić information content (AvgIpc) is 1.63. The maximum absolute atomic E-state index is 9.91. The van der Waals surface area contributed by atoms with Crippen molar-refractivity contribution in [2.45, 2.75) is 10.4 Å². The number of rotatable bonds is 2. The molecule has 3 nitrogen and oxygen atoms in total. The van der Waals surface area contributed by atoms with Crippen LogP contribution in [0, 0.1) is 0 Å². The molecule has 0 aromatic rings. The summed E-state index contributed by atoms with van der Waals surface area (Å²) in [7, 11) is 0. The number of halogens is 3. The molecular formula is C3H4Cl3NO2. The van der Waals surface area contributed by atoms with Crippen molar-refractivity contribution in [3.63, 3.8) is 0 Å². The SMILES string of the molecule is NC(=O)OC(Cl)C(Cl)Cl. The van der Waals surface area contributed by atoms with Crippen LogP contribution in [0.2, 0.25) is 0 Å². The lowest BCUT2D eigenvalue weighted by Crippen LogP contribution is -2.22. The van der Waals surface area contributed by atoms with Gasteiger partial charge in [0.25, 0.3) is 0 Å². The van der Waals surface area contributed by atoms with Crippen molar-refractivity contribution in [3.05, 3.63) is 0 Å². The minimum Gasteiger partial charge on any atom is -0.427 e. The summed E-state index contributed by atoms with van der Waals surface area (Å²) in [5.74, 6) is 0. The van der Waals surface area contributed by atoms with Gasteiger partial charge in [-0.1, -0.05) is 34.8 Å². The highest BCUT2D eigenvalue weighted by Gasteiger charge is 2.16. The Labute approximate surface area is 67.0 Å². The molecule has 0 heterocycles. The number of primary amides is 1. The molecule has 1 atom stereocenters. The van der Waals surface area contributed by atoms with E-state index < -0.39 is 16.5 Å². The molecule has 1 amide bonds. The van der Waals surface area contributed by atoms with Crippen LogP contribution in [0.1, 0.15) is 0 Å². The molecule has 0 spiro atoms. The normalized spacial score (nSPS) is 13.3. The Morgan fingerprint density at radius 2 is 1.89 bits per heavy atom. The zero-order valence-electron chi connectivity index (χ0n) is 4.18. The summed E-state index contributed by atoms with van der Waals surface area (Å²) >= 11 is 15.6. The number of ether oxygens (including phenoxy) is 1. The van der Waals surface area contributed by atoms with E-state index in [0.717, 1.165) is 0 Å². The van der Waals surface area contributed by atoms with E-state index >= 15 is 0 Å². The lowest BCUT2D eigenvalue weighted by Gasteiger charge is -2.07. The Morgan fingerprint density at radius 3 is 2.00 bits per heavy atom. The van der Waals surface area contributed by atoms with Crippen LogP contribution in [0.15, 0.2) is 0 Å². The van der Waals surface area contributed by atoms with Crippen molar-refractivity contribution in [2.75, 3.05) is 0 Å². The van der Waals surface area contributed by atoms with Crippen LogP contribution >= 0.6 is 34.8 Å². The minimum absolute atomic E-state index is 0.959. The first-order valence-electron chi connectivity index (χ1n) is 1.92. The zero-order valence-corrected chi connectivity index (χ0v) is 6.45. The zero-order chi connectivity index (χ0) is 7.44. The Morgan fingerprint density at radius 1 is 1.44 bits per heavy atom. The standard InChI is InChI=1S/C3H4Cl3NO2/c4-1(5)2(6)9-3(7)8/h1-2H,(H2,7,8). The Kier molecular flexibility index (Phi) is 4.10. The van der Waals surface area contributed by atoms with Gasteiger partial charge in [0.1, 0.15) is 0 Å². The molecule has 0 radical (unpaired) electrons. The van der Waals surface area contributed by atoms with Crippen molar-refractivity contribution in [1.29, 1.82) is 0 Å². The van der Waals surface area contributed by atoms with Crippen LogP contribution in [0.4, 0.5) is 4.79 Å². The summed E-state index contributed by atoms with van der Waals surface area (Å²) in [6, 6.07) is 0. The van der Waals surface area contributed by atoms with E-state index in [-0.39, 0.29) is 0 Å². The van der Waals surface area contributed by atoms with Gasteiger partial charge in [0.15, 0.2) is 4.84 Å². The summed E-state index contributed by atoms with van der Waals surface area (Å²) in [5, 5.41) is 0. The molecule has 0 aromatic carbocycles. The summed E-state index contributed by atoms with van der Waals surface area (Å²) < 4.78 is 4.15. The van der Waals surface area contributed by atoms with E-state index in [1.165, 1.54) is 0 Å². The fourth-order valence-electron chi connectivity index (χ4n) is 0.162. The predicted octanol–water partition coefficient (Wildman–Crippen LogP) is 1.45. The number of hydrogen-bond donors (Lipinski definition) is 1. The van der Waals surface area contributed by atoms with E-state index in [0.29, 0.717) is 0 Å². The van der Waals surface area contributed by atoms with Gasteiger partial charge in [-0.3, -0.25) is 0 Å². The molecule has 0 aliphatic rings. The molecule has 0 aliphatic carbocycles. The molecule has 0 aromatic heterocycles. The topological polar surface area (TPSA) is 52.3 Å². The van der Waals surface area contributed by atoms with Crippen molar-refractivity contribution in [3.8, 4) is 0 Å². The van der Waals surface area contributed by atoms with E-state index in [1.54, 1.807) is 0 Å². The van der Waals surface area contributed by atoms with Crippen LogP contribution < -0.4 is 5.73 Å². The summed E-state index contributed by atoms with van der Waals surface area (Å²) in [6.07, 6.45) is -0.999. The molecule has 0 fully saturated rings. The second-order valence-corrected chi connectivity index (χ2v) is 2.72. The Balaban J connectivity index is 3.50. The predicted molar refractivity (Wildman–Crippen MR) is 35.8 cm³/mol. The number of carbonyl (C=O) groups excluding carboxylic acids is 1. The number of alkyl halides is 3. The monoisotopic (exact) mass is 191 g/mol. The largest absolute Gasteiger partial charge is 0.427 e. The Bertz CT molecular complexity index is 107. The van der Waals surface area contributed by atoms with Gasteiger partial charge in [-0.15, -0.1) is 0 Å². The van der Waals surface area contributed by atoms with E-state index in [4.69, 9.17) is 34.8 Å². The fraction of sp³-hybridized carbons (Fsp3) is 0.667. The summed E-state index contributed by atoms with van der Waals surface area (Å²) in [6.45, 7) is 0. The molecule has 1 unspecified atom stereocenters. The third-order valence-corrected chi connectivity index (χ3v) is 1.48. The molecule has 0 rings (SSSR count). The van der Waals surface area contributed by atoms with Crippen molar-refractivity contribution < 1.29 is 9.53 Å². The van der Waals surface area contributed by atoms with Crippen LogP contribution in [0.5, 0.6) is 0 Å². The van der Waals surface area contributed by atoms with Gasteiger partial charge in [0.2, 0.25) is 5.56 Å². The fourth-order valence-corrected chi connectivity index (χ4v) is 0.353. The first kappa shape index (κ1) is 9.14. The van der Waals surface area contributed by atoms with Crippen LogP contribution in [-0.2, 0) is 4.74 Å². The number of carbonyl (C=O) groups is 1. The highest BCUT2D eigenvalue weighted by atomic mass is 35.5. The van der Waals surface area contributed by atoms with Crippen LogP contribution in [0.25, 0.3) is 0 Å². The lowest BCUT2D eigenvalue weighted by molar-refractivity contribution is 0.147. The highest BCUT2D eigenvalue weighted by Crippen LogP contribution is 2.14. The molecule has 0 saturated carbocycles. The molecular weight excluding hydrogens is 188 g/mol. The van der Waals surface area contributed by atoms with Gasteiger partial charge < -0.3 is 10.5 Å². The van der Waals surface area contributed by atoms with Crippen LogP contribution in [-0.4, -0.2) is 16.5 Å². The van der Waals surface area contributed by atoms with Gasteiger partial charge in [0, 0.05) is 0 Å². The van der Waals surface area contributed by atoms with Gasteiger partial charge >= 0.3 is 6.09 Å². The second-order valence-electron chi connectivity index (χ2n) is 1.12. The summed E-state index contributed by atoms with van der Waals surface area (Å²) in [5.41, 5.74) is 3.49. The van der Waals surface area contributed by atoms with Gasteiger partial charge in [0.05, 0.1) is 0 Å². The number of hydrogen-bond acceptors (Lipinski definition) is 2.